The van der Waals surface area contributed by atoms with Crippen LogP contribution < -0.4 is 10.2 Å². The molecule has 1 aromatic carbocycles. The number of pyridine rings is 1. The van der Waals surface area contributed by atoms with Crippen LogP contribution in [0.4, 0.5) is 20.3 Å². The van der Waals surface area contributed by atoms with Crippen molar-refractivity contribution in [1.82, 2.24) is 4.98 Å². The second-order valence-electron chi connectivity index (χ2n) is 6.59. The Kier molecular flexibility index (Phi) is 3.99. The largest absolute Gasteiger partial charge is 0.363 e. The van der Waals surface area contributed by atoms with E-state index in [1.165, 1.54) is 12.1 Å². The molecule has 2 heterocycles. The molecule has 0 radical (unpaired) electrons. The summed E-state index contributed by atoms with van der Waals surface area (Å²) in [5.41, 5.74) is -1.07. The number of halogens is 3. The molecule has 1 aliphatic rings. The van der Waals surface area contributed by atoms with E-state index in [2.05, 4.69) is 10.3 Å². The van der Waals surface area contributed by atoms with Crippen LogP contribution >= 0.6 is 11.6 Å². The third kappa shape index (κ3) is 2.84. The Hall–Kier alpha value is -2.54. The molecule has 1 aromatic heterocycles. The first-order valence-corrected chi connectivity index (χ1v) is 7.80. The van der Waals surface area contributed by atoms with Crippen molar-refractivity contribution < 1.29 is 18.4 Å². The highest BCUT2D eigenvalue weighted by Gasteiger charge is 2.40. The van der Waals surface area contributed by atoms with Crippen LogP contribution in [0.2, 0.25) is 5.02 Å². The molecule has 0 saturated carbocycles. The van der Waals surface area contributed by atoms with Gasteiger partial charge in [0.05, 0.1) is 11.1 Å². The predicted octanol–water partition coefficient (Wildman–Crippen LogP) is 4.02. The van der Waals surface area contributed by atoms with Crippen molar-refractivity contribution in [3.63, 3.8) is 0 Å². The zero-order valence-corrected chi connectivity index (χ0v) is 14.4. The Labute approximate surface area is 147 Å². The fourth-order valence-electron chi connectivity index (χ4n) is 2.53. The molecule has 0 fully saturated rings. The number of carbonyl (C=O) groups excluding carboxylic acids is 2. The molecular weight excluding hydrogens is 352 g/mol. The average molecular weight is 366 g/mol. The first-order chi connectivity index (χ1) is 11.6. The second-order valence-corrected chi connectivity index (χ2v) is 6.97. The first kappa shape index (κ1) is 17.3. The van der Waals surface area contributed by atoms with Crippen molar-refractivity contribution >= 4 is 34.9 Å². The molecule has 0 aliphatic carbocycles. The van der Waals surface area contributed by atoms with Gasteiger partial charge >= 0.3 is 0 Å². The summed E-state index contributed by atoms with van der Waals surface area (Å²) in [7, 11) is 0. The summed E-state index contributed by atoms with van der Waals surface area (Å²) in [6.07, 6.45) is 0. The van der Waals surface area contributed by atoms with Gasteiger partial charge in [-0.15, -0.1) is 0 Å². The van der Waals surface area contributed by atoms with Crippen LogP contribution in [0.25, 0.3) is 0 Å². The number of hydrogen-bond acceptors (Lipinski definition) is 4. The van der Waals surface area contributed by atoms with E-state index in [1.54, 1.807) is 32.9 Å². The lowest BCUT2D eigenvalue weighted by molar-refractivity contribution is 0.0925. The van der Waals surface area contributed by atoms with Crippen molar-refractivity contribution in [2.45, 2.75) is 26.3 Å². The van der Waals surface area contributed by atoms with Gasteiger partial charge in [-0.05, 0) is 32.9 Å². The summed E-state index contributed by atoms with van der Waals surface area (Å²) in [6, 6.07) is 6.02. The molecule has 0 spiro atoms. The minimum absolute atomic E-state index is 0.102. The molecule has 5 nitrogen and oxygen atoms in total. The summed E-state index contributed by atoms with van der Waals surface area (Å²) in [5.74, 6) is -4.22. The minimum Gasteiger partial charge on any atom is -0.363 e. The Balaban J connectivity index is 2.18. The molecule has 25 heavy (non-hydrogen) atoms. The van der Waals surface area contributed by atoms with Gasteiger partial charge in [-0.25, -0.2) is 9.29 Å². The van der Waals surface area contributed by atoms with E-state index in [4.69, 9.17) is 11.6 Å². The normalized spacial score (nSPS) is 14.1. The molecule has 1 aliphatic heterocycles. The predicted molar refractivity (Wildman–Crippen MR) is 90.1 cm³/mol. The minimum atomic E-state index is -1.18. The van der Waals surface area contributed by atoms with Gasteiger partial charge in [-0.3, -0.25) is 9.59 Å². The van der Waals surface area contributed by atoms with Gasteiger partial charge in [0, 0.05) is 5.54 Å². The van der Waals surface area contributed by atoms with Gasteiger partial charge in [0.1, 0.15) is 10.7 Å². The average Bonchev–Trinajstić information content (AvgIpc) is 2.77. The van der Waals surface area contributed by atoms with Crippen LogP contribution in [0.15, 0.2) is 24.3 Å². The lowest BCUT2D eigenvalue weighted by Gasteiger charge is -2.24. The Morgan fingerprint density at radius 1 is 1.08 bits per heavy atom. The number of benzene rings is 1. The SMILES string of the molecule is CC(C)(C)Nc1nc(F)c(Cl)c(N2C(=O)c3ccccc3C2=O)c1F. The summed E-state index contributed by atoms with van der Waals surface area (Å²) in [6.45, 7) is 5.17. The third-order valence-corrected chi connectivity index (χ3v) is 3.86. The molecule has 0 bridgehead atoms. The Bertz CT molecular complexity index is 874. The standard InChI is InChI=1S/C17H14ClF2N3O2/c1-17(2,3)22-14-11(19)12(10(18)13(20)21-14)23-15(24)8-6-4-5-7-9(8)16(23)25/h4-7H,1-3H3,(H,21,22). The monoisotopic (exact) mass is 365 g/mol. The lowest BCUT2D eigenvalue weighted by Crippen LogP contribution is -2.32. The number of amides is 2. The summed E-state index contributed by atoms with van der Waals surface area (Å²) in [5, 5.41) is 1.97. The zero-order chi connectivity index (χ0) is 18.5. The number of hydrogen-bond donors (Lipinski definition) is 1. The summed E-state index contributed by atoms with van der Waals surface area (Å²) >= 11 is 5.84. The molecule has 130 valence electrons. The number of fused-ring (bicyclic) bond motifs is 1. The van der Waals surface area contributed by atoms with Crippen molar-refractivity contribution in [2.24, 2.45) is 0 Å². The second kappa shape index (κ2) is 5.77. The van der Waals surface area contributed by atoms with Gasteiger partial charge < -0.3 is 5.32 Å². The van der Waals surface area contributed by atoms with Crippen molar-refractivity contribution in [3.05, 3.63) is 52.2 Å². The highest BCUT2D eigenvalue weighted by Crippen LogP contribution is 2.39. The molecule has 1 N–H and O–H groups in total. The smallest absolute Gasteiger partial charge is 0.266 e. The number of nitrogens with zero attached hydrogens (tertiary/aromatic N) is 2. The number of aromatic nitrogens is 1. The molecule has 8 heteroatoms. The summed E-state index contributed by atoms with van der Waals surface area (Å²) in [4.78, 5) is 29.1. The maximum Gasteiger partial charge on any atom is 0.266 e. The third-order valence-electron chi connectivity index (χ3n) is 3.53. The molecule has 2 amide bonds. The zero-order valence-electron chi connectivity index (χ0n) is 13.7. The van der Waals surface area contributed by atoms with Crippen LogP contribution in [0, 0.1) is 11.8 Å². The van der Waals surface area contributed by atoms with E-state index >= 15 is 0 Å². The van der Waals surface area contributed by atoms with E-state index in [1.807, 2.05) is 0 Å². The number of nitrogens with one attached hydrogen (secondary N) is 1. The fourth-order valence-corrected chi connectivity index (χ4v) is 2.74. The molecule has 3 rings (SSSR count). The molecule has 0 atom stereocenters. The Morgan fingerprint density at radius 3 is 2.08 bits per heavy atom. The molecule has 2 aromatic rings. The highest BCUT2D eigenvalue weighted by molar-refractivity contribution is 6.40. The van der Waals surface area contributed by atoms with Crippen molar-refractivity contribution in [2.75, 3.05) is 10.2 Å². The first-order valence-electron chi connectivity index (χ1n) is 7.42. The van der Waals surface area contributed by atoms with Gasteiger partial charge in [0.25, 0.3) is 11.8 Å². The quantitative estimate of drug-likeness (QED) is 0.645. The van der Waals surface area contributed by atoms with Gasteiger partial charge in [0.2, 0.25) is 5.95 Å². The maximum atomic E-state index is 14.9. The molecular formula is C17H14ClF2N3O2. The maximum absolute atomic E-state index is 14.9. The van der Waals surface area contributed by atoms with E-state index in [-0.39, 0.29) is 11.1 Å². The van der Waals surface area contributed by atoms with Crippen molar-refractivity contribution in [1.29, 1.82) is 0 Å². The van der Waals surface area contributed by atoms with Crippen LogP contribution in [-0.2, 0) is 0 Å². The van der Waals surface area contributed by atoms with Crippen LogP contribution in [0.3, 0.4) is 0 Å². The van der Waals surface area contributed by atoms with Gasteiger partial charge in [-0.2, -0.15) is 9.37 Å². The van der Waals surface area contributed by atoms with Crippen LogP contribution in [-0.4, -0.2) is 22.3 Å². The van der Waals surface area contributed by atoms with E-state index in [9.17, 15) is 18.4 Å². The number of rotatable bonds is 2. The molecule has 0 saturated heterocycles. The number of anilines is 2. The van der Waals surface area contributed by atoms with Gasteiger partial charge in [-0.1, -0.05) is 23.7 Å². The number of imide groups is 1. The van der Waals surface area contributed by atoms with E-state index in [0.29, 0.717) is 4.90 Å². The topological polar surface area (TPSA) is 62.3 Å². The van der Waals surface area contributed by atoms with E-state index < -0.39 is 45.6 Å². The van der Waals surface area contributed by atoms with E-state index in [0.717, 1.165) is 0 Å². The molecule has 0 unspecified atom stereocenters. The van der Waals surface area contributed by atoms with Gasteiger partial charge in [0.15, 0.2) is 11.6 Å². The van der Waals surface area contributed by atoms with Crippen molar-refractivity contribution in [3.8, 4) is 0 Å². The lowest BCUT2D eigenvalue weighted by atomic mass is 10.1. The number of carbonyl (C=O) groups is 2. The Morgan fingerprint density at radius 2 is 1.60 bits per heavy atom. The van der Waals surface area contributed by atoms with Crippen LogP contribution in [0.5, 0.6) is 0 Å². The van der Waals surface area contributed by atoms with Crippen LogP contribution in [0.1, 0.15) is 41.5 Å². The summed E-state index contributed by atoms with van der Waals surface area (Å²) < 4.78 is 29.1. The fraction of sp³-hybridized carbons (Fsp3) is 0.235. The highest BCUT2D eigenvalue weighted by atomic mass is 35.5.